The molecule has 6 heteroatoms. The fourth-order valence-corrected chi connectivity index (χ4v) is 4.31. The summed E-state index contributed by atoms with van der Waals surface area (Å²) < 4.78 is 3.26. The molecule has 0 amide bonds. The van der Waals surface area contributed by atoms with Gasteiger partial charge in [-0.3, -0.25) is 0 Å². The Morgan fingerprint density at radius 2 is 2.30 bits per heavy atom. The molecule has 1 unspecified atom stereocenters. The van der Waals surface area contributed by atoms with Gasteiger partial charge in [-0.15, -0.1) is 11.3 Å². The molecule has 2 aromatic rings. The lowest BCUT2D eigenvalue weighted by molar-refractivity contribution is 0.469. The van der Waals surface area contributed by atoms with Crippen LogP contribution in [0, 0.1) is 0 Å². The molecule has 2 aromatic heterocycles. The number of anilines is 1. The topological polar surface area (TPSA) is 42.7 Å². The van der Waals surface area contributed by atoms with Gasteiger partial charge in [-0.05, 0) is 35.2 Å². The van der Waals surface area contributed by atoms with Crippen LogP contribution in [-0.4, -0.2) is 21.3 Å². The van der Waals surface area contributed by atoms with Gasteiger partial charge in [0.1, 0.15) is 16.9 Å². The number of hydrogen-bond donors (Lipinski definition) is 1. The van der Waals surface area contributed by atoms with Gasteiger partial charge in [0.2, 0.25) is 0 Å². The number of hydrogen-bond acceptors (Lipinski definition) is 4. The number of aromatic nitrogens is 3. The summed E-state index contributed by atoms with van der Waals surface area (Å²) in [6.07, 6.45) is 5.15. The van der Waals surface area contributed by atoms with Gasteiger partial charge in [-0.25, -0.2) is 9.67 Å². The molecule has 1 N–H and O–H groups in total. The summed E-state index contributed by atoms with van der Waals surface area (Å²) >= 11 is 5.46. The molecule has 108 valence electrons. The molecule has 0 aliphatic carbocycles. The van der Waals surface area contributed by atoms with Crippen LogP contribution in [-0.2, 0) is 0 Å². The molecule has 0 saturated carbocycles. The molecule has 0 fully saturated rings. The van der Waals surface area contributed by atoms with Crippen molar-refractivity contribution in [2.24, 2.45) is 0 Å². The lowest BCUT2D eigenvalue weighted by Crippen LogP contribution is -2.24. The largest absolute Gasteiger partial charge is 0.369 e. The van der Waals surface area contributed by atoms with Crippen LogP contribution in [0.4, 0.5) is 5.82 Å². The quantitative estimate of drug-likeness (QED) is 0.883. The van der Waals surface area contributed by atoms with Crippen molar-refractivity contribution < 1.29 is 0 Å². The summed E-state index contributed by atoms with van der Waals surface area (Å²) in [6, 6.07) is 0.269. The number of nitrogens with one attached hydrogen (secondary N) is 1. The summed E-state index contributed by atoms with van der Waals surface area (Å²) in [5, 5.41) is 11.6. The minimum absolute atomic E-state index is 0.269. The molecule has 3 heterocycles. The maximum Gasteiger partial charge on any atom is 0.139 e. The smallest absolute Gasteiger partial charge is 0.139 e. The Bertz CT molecular complexity index is 574. The van der Waals surface area contributed by atoms with Crippen LogP contribution in [0.2, 0.25) is 0 Å². The van der Waals surface area contributed by atoms with Gasteiger partial charge in [0.15, 0.2) is 0 Å². The maximum atomic E-state index is 4.90. The third kappa shape index (κ3) is 2.29. The van der Waals surface area contributed by atoms with Crippen LogP contribution >= 0.6 is 27.3 Å². The Balaban J connectivity index is 2.04. The van der Waals surface area contributed by atoms with E-state index >= 15 is 0 Å². The second kappa shape index (κ2) is 5.85. The van der Waals surface area contributed by atoms with Crippen LogP contribution in [0.3, 0.4) is 0 Å². The normalized spacial score (nSPS) is 18.1. The average molecular weight is 355 g/mol. The number of rotatable bonds is 4. The van der Waals surface area contributed by atoms with Crippen molar-refractivity contribution in [1.82, 2.24) is 14.8 Å². The first-order chi connectivity index (χ1) is 9.76. The molecule has 4 nitrogen and oxygen atoms in total. The predicted molar refractivity (Wildman–Crippen MR) is 86.6 cm³/mol. The van der Waals surface area contributed by atoms with Crippen LogP contribution in [0.1, 0.15) is 55.8 Å². The van der Waals surface area contributed by atoms with Gasteiger partial charge in [0.25, 0.3) is 0 Å². The van der Waals surface area contributed by atoms with E-state index in [0.29, 0.717) is 5.92 Å². The van der Waals surface area contributed by atoms with Crippen molar-refractivity contribution in [1.29, 1.82) is 0 Å². The third-order valence-electron chi connectivity index (χ3n) is 3.99. The maximum absolute atomic E-state index is 4.90. The van der Waals surface area contributed by atoms with Crippen molar-refractivity contribution in [2.75, 3.05) is 11.9 Å². The molecule has 3 rings (SSSR count). The minimum Gasteiger partial charge on any atom is -0.369 e. The standard InChI is InChI=1S/C14H19BrN4S/c1-3-9(4-2)12-11(15)13-16-6-5-10(19(13)18-12)14-17-7-8-20-14/h7-10,16H,3-6H2,1-2H3. The van der Waals surface area contributed by atoms with Crippen LogP contribution in [0.15, 0.2) is 16.0 Å². The Labute approximate surface area is 131 Å². The molecule has 0 spiro atoms. The first-order valence-electron chi connectivity index (χ1n) is 7.17. The molecular formula is C14H19BrN4S. The molecule has 1 atom stereocenters. The molecule has 20 heavy (non-hydrogen) atoms. The highest BCUT2D eigenvalue weighted by atomic mass is 79.9. The van der Waals surface area contributed by atoms with E-state index in [1.807, 2.05) is 11.6 Å². The van der Waals surface area contributed by atoms with E-state index in [1.165, 1.54) is 5.69 Å². The summed E-state index contributed by atoms with van der Waals surface area (Å²) in [4.78, 5) is 4.48. The SMILES string of the molecule is CCC(CC)c1nn2c(c1Br)NCCC2c1nccs1. The van der Waals surface area contributed by atoms with Gasteiger partial charge < -0.3 is 5.32 Å². The zero-order chi connectivity index (χ0) is 14.1. The van der Waals surface area contributed by atoms with E-state index in [0.717, 1.165) is 41.1 Å². The molecular weight excluding hydrogens is 336 g/mol. The fraction of sp³-hybridized carbons (Fsp3) is 0.571. The monoisotopic (exact) mass is 354 g/mol. The second-order valence-corrected chi connectivity index (χ2v) is 6.83. The van der Waals surface area contributed by atoms with Gasteiger partial charge in [0, 0.05) is 24.0 Å². The first kappa shape index (κ1) is 14.1. The van der Waals surface area contributed by atoms with E-state index in [2.05, 4.69) is 44.8 Å². The highest BCUT2D eigenvalue weighted by molar-refractivity contribution is 9.10. The zero-order valence-corrected chi connectivity index (χ0v) is 14.2. The Hall–Kier alpha value is -0.880. The molecule has 1 aliphatic rings. The van der Waals surface area contributed by atoms with E-state index < -0.39 is 0 Å². The molecule has 0 aromatic carbocycles. The summed E-state index contributed by atoms with van der Waals surface area (Å²) in [5.41, 5.74) is 1.18. The van der Waals surface area contributed by atoms with Gasteiger partial charge in [-0.2, -0.15) is 5.10 Å². The van der Waals surface area contributed by atoms with Crippen LogP contribution < -0.4 is 5.32 Å². The Morgan fingerprint density at radius 1 is 1.50 bits per heavy atom. The lowest BCUT2D eigenvalue weighted by atomic mass is 10.00. The lowest BCUT2D eigenvalue weighted by Gasteiger charge is -2.24. The van der Waals surface area contributed by atoms with Crippen molar-refractivity contribution in [3.05, 3.63) is 26.8 Å². The Kier molecular flexibility index (Phi) is 4.12. The van der Waals surface area contributed by atoms with Gasteiger partial charge in [0.05, 0.1) is 10.2 Å². The highest BCUT2D eigenvalue weighted by Gasteiger charge is 2.29. The number of thiazole rings is 1. The average Bonchev–Trinajstić information content (AvgIpc) is 3.10. The number of fused-ring (bicyclic) bond motifs is 1. The second-order valence-electron chi connectivity index (χ2n) is 5.11. The molecule has 0 bridgehead atoms. The highest BCUT2D eigenvalue weighted by Crippen LogP contribution is 2.40. The molecule has 1 aliphatic heterocycles. The predicted octanol–water partition coefficient (Wildman–Crippen LogP) is 4.41. The summed E-state index contributed by atoms with van der Waals surface area (Å²) in [5.74, 6) is 1.62. The van der Waals surface area contributed by atoms with Crippen molar-refractivity contribution in [3.8, 4) is 0 Å². The van der Waals surface area contributed by atoms with E-state index in [9.17, 15) is 0 Å². The fourth-order valence-electron chi connectivity index (χ4n) is 2.83. The zero-order valence-electron chi connectivity index (χ0n) is 11.8. The van der Waals surface area contributed by atoms with Gasteiger partial charge >= 0.3 is 0 Å². The summed E-state index contributed by atoms with van der Waals surface area (Å²) in [7, 11) is 0. The minimum atomic E-state index is 0.269. The number of nitrogens with zero attached hydrogens (tertiary/aromatic N) is 3. The van der Waals surface area contributed by atoms with E-state index in [4.69, 9.17) is 5.10 Å². The Morgan fingerprint density at radius 3 is 2.95 bits per heavy atom. The van der Waals surface area contributed by atoms with Gasteiger partial charge in [-0.1, -0.05) is 13.8 Å². The van der Waals surface area contributed by atoms with Crippen molar-refractivity contribution >= 4 is 33.1 Å². The van der Waals surface area contributed by atoms with Crippen molar-refractivity contribution in [2.45, 2.75) is 45.1 Å². The third-order valence-corrected chi connectivity index (χ3v) is 5.65. The first-order valence-corrected chi connectivity index (χ1v) is 8.84. The van der Waals surface area contributed by atoms with E-state index in [-0.39, 0.29) is 6.04 Å². The van der Waals surface area contributed by atoms with E-state index in [1.54, 1.807) is 11.3 Å². The molecule has 0 saturated heterocycles. The number of halogens is 1. The van der Waals surface area contributed by atoms with Crippen LogP contribution in [0.5, 0.6) is 0 Å². The van der Waals surface area contributed by atoms with Crippen LogP contribution in [0.25, 0.3) is 0 Å². The molecule has 0 radical (unpaired) electrons. The van der Waals surface area contributed by atoms with Crippen molar-refractivity contribution in [3.63, 3.8) is 0 Å². The summed E-state index contributed by atoms with van der Waals surface area (Å²) in [6.45, 7) is 5.42.